The molecule has 2 aliphatic rings. The maximum absolute atomic E-state index is 11.1. The van der Waals surface area contributed by atoms with Crippen molar-refractivity contribution in [1.29, 1.82) is 0 Å². The van der Waals surface area contributed by atoms with E-state index >= 15 is 0 Å². The van der Waals surface area contributed by atoms with Crippen LogP contribution in [0.5, 0.6) is 0 Å². The Labute approximate surface area is 136 Å². The Kier molecular flexibility index (Phi) is 12.0. The zero-order valence-electron chi connectivity index (χ0n) is 13.1. The second-order valence-electron chi connectivity index (χ2n) is 5.77. The van der Waals surface area contributed by atoms with E-state index in [9.17, 15) is 9.59 Å². The number of hydrogen-bond acceptors (Lipinski definition) is 4. The third-order valence-corrected chi connectivity index (χ3v) is 3.55. The topological polar surface area (TPSA) is 64.7 Å². The van der Waals surface area contributed by atoms with Crippen LogP contribution in [0.25, 0.3) is 0 Å². The summed E-state index contributed by atoms with van der Waals surface area (Å²) < 4.78 is 0. The molecular formula is C16H36N4O2. The summed E-state index contributed by atoms with van der Waals surface area (Å²) in [6, 6.07) is 0.848. The molecule has 2 amide bonds. The van der Waals surface area contributed by atoms with Gasteiger partial charge in [-0.1, -0.05) is 14.9 Å². The molecule has 2 heterocycles. The smallest absolute Gasteiger partial charge is 0.236 e. The first-order valence-corrected chi connectivity index (χ1v) is 7.42. The van der Waals surface area contributed by atoms with Crippen molar-refractivity contribution < 1.29 is 9.59 Å². The molecule has 2 aliphatic heterocycles. The first-order chi connectivity index (χ1) is 9.41. The van der Waals surface area contributed by atoms with Crippen LogP contribution >= 0.6 is 0 Å². The normalized spacial score (nSPS) is 18.9. The fraction of sp³-hybridized carbons (Fsp3) is 0.875. The molecule has 0 saturated carbocycles. The number of carbonyl (C=O) groups excluding carboxylic acids is 2. The number of piperazine rings is 2. The fourth-order valence-corrected chi connectivity index (χ4v) is 2.27. The van der Waals surface area contributed by atoms with Gasteiger partial charge < -0.3 is 15.5 Å². The van der Waals surface area contributed by atoms with E-state index in [4.69, 9.17) is 0 Å². The van der Waals surface area contributed by atoms with E-state index < -0.39 is 0 Å². The van der Waals surface area contributed by atoms with E-state index in [-0.39, 0.29) is 26.7 Å². The molecule has 2 rings (SSSR count). The molecule has 0 aliphatic carbocycles. The van der Waals surface area contributed by atoms with Crippen molar-refractivity contribution in [3.05, 3.63) is 0 Å². The first-order valence-electron chi connectivity index (χ1n) is 7.42. The van der Waals surface area contributed by atoms with Gasteiger partial charge in [-0.25, -0.2) is 0 Å². The molecule has 0 aromatic heterocycles. The molecule has 2 N–H and O–H groups in total. The molecule has 0 unspecified atom stereocenters. The summed E-state index contributed by atoms with van der Waals surface area (Å²) in [5.74, 6) is 0.376. The number of nitrogens with zero attached hydrogens (tertiary/aromatic N) is 2. The predicted molar refractivity (Wildman–Crippen MR) is 92.9 cm³/mol. The van der Waals surface area contributed by atoms with Crippen LogP contribution in [0, 0.1) is 0 Å². The number of rotatable bonds is 2. The SMILES string of the molecule is C.C.CC(C)N1CCNC(=O)C1.CC(C)N1CCNCC1=O. The van der Waals surface area contributed by atoms with E-state index in [0.717, 1.165) is 26.2 Å². The minimum Gasteiger partial charge on any atom is -0.354 e. The summed E-state index contributed by atoms with van der Waals surface area (Å²) in [6.07, 6.45) is 0. The molecule has 0 radical (unpaired) electrons. The zero-order valence-corrected chi connectivity index (χ0v) is 13.1. The Bertz CT molecular complexity index is 332. The molecule has 0 aromatic rings. The van der Waals surface area contributed by atoms with E-state index in [1.807, 2.05) is 18.7 Å². The molecule has 0 bridgehead atoms. The van der Waals surface area contributed by atoms with Crippen LogP contribution in [-0.2, 0) is 9.59 Å². The lowest BCUT2D eigenvalue weighted by molar-refractivity contribution is -0.133. The highest BCUT2D eigenvalue weighted by Crippen LogP contribution is 2.00. The van der Waals surface area contributed by atoms with Crippen molar-refractivity contribution in [3.8, 4) is 0 Å². The van der Waals surface area contributed by atoms with Gasteiger partial charge in [-0.05, 0) is 27.7 Å². The molecule has 0 spiro atoms. The lowest BCUT2D eigenvalue weighted by Gasteiger charge is -2.30. The number of amides is 2. The fourth-order valence-electron chi connectivity index (χ4n) is 2.27. The van der Waals surface area contributed by atoms with Gasteiger partial charge >= 0.3 is 0 Å². The van der Waals surface area contributed by atoms with Crippen molar-refractivity contribution in [1.82, 2.24) is 20.4 Å². The number of hydrogen-bond donors (Lipinski definition) is 2. The van der Waals surface area contributed by atoms with E-state index in [1.165, 1.54) is 0 Å². The Morgan fingerprint density at radius 1 is 0.955 bits per heavy atom. The maximum Gasteiger partial charge on any atom is 0.236 e. The van der Waals surface area contributed by atoms with Gasteiger partial charge in [0.25, 0.3) is 0 Å². The van der Waals surface area contributed by atoms with Gasteiger partial charge in [0.05, 0.1) is 13.1 Å². The Morgan fingerprint density at radius 2 is 1.59 bits per heavy atom. The second kappa shape index (κ2) is 11.4. The summed E-state index contributed by atoms with van der Waals surface area (Å²) >= 11 is 0. The molecule has 6 heteroatoms. The average molecular weight is 316 g/mol. The summed E-state index contributed by atoms with van der Waals surface area (Å²) in [5.41, 5.74) is 0. The lowest BCUT2D eigenvalue weighted by Crippen LogP contribution is -2.50. The summed E-state index contributed by atoms with van der Waals surface area (Å²) in [4.78, 5) is 26.0. The van der Waals surface area contributed by atoms with Crippen molar-refractivity contribution in [2.24, 2.45) is 0 Å². The molecule has 6 nitrogen and oxygen atoms in total. The highest BCUT2D eigenvalue weighted by atomic mass is 16.2. The number of nitrogens with one attached hydrogen (secondary N) is 2. The van der Waals surface area contributed by atoms with Gasteiger partial charge in [-0.2, -0.15) is 0 Å². The van der Waals surface area contributed by atoms with Gasteiger partial charge in [0.15, 0.2) is 0 Å². The maximum atomic E-state index is 11.1. The molecule has 22 heavy (non-hydrogen) atoms. The third kappa shape index (κ3) is 7.75. The summed E-state index contributed by atoms with van der Waals surface area (Å²) in [5, 5.41) is 5.81. The molecule has 132 valence electrons. The van der Waals surface area contributed by atoms with Crippen LogP contribution in [0.3, 0.4) is 0 Å². The Morgan fingerprint density at radius 3 is 1.95 bits per heavy atom. The Hall–Kier alpha value is -1.14. The molecular weight excluding hydrogens is 280 g/mol. The monoisotopic (exact) mass is 316 g/mol. The van der Waals surface area contributed by atoms with Crippen LogP contribution in [0.15, 0.2) is 0 Å². The minimum atomic E-state index is 0. The average Bonchev–Trinajstić information content (AvgIpc) is 2.39. The predicted octanol–water partition coefficient (Wildman–Crippen LogP) is 0.925. The standard InChI is InChI=1S/2C7H14N2O.2CH4/c1-6(2)9-4-3-8-7(10)5-9;1-6(2)9-4-3-8-5-7(9)10;;/h6H,3-5H2,1-2H3,(H,8,10);6,8H,3-5H2,1-2H3;2*1H4. The van der Waals surface area contributed by atoms with E-state index in [2.05, 4.69) is 29.4 Å². The van der Waals surface area contributed by atoms with Gasteiger partial charge in [0.2, 0.25) is 11.8 Å². The first kappa shape index (κ1) is 23.1. The van der Waals surface area contributed by atoms with Crippen molar-refractivity contribution in [2.75, 3.05) is 39.3 Å². The third-order valence-electron chi connectivity index (χ3n) is 3.55. The van der Waals surface area contributed by atoms with Crippen LogP contribution in [0.4, 0.5) is 0 Å². The summed E-state index contributed by atoms with van der Waals surface area (Å²) in [6.45, 7) is 13.0. The number of carbonyl (C=O) groups is 2. The highest BCUT2D eigenvalue weighted by Gasteiger charge is 2.19. The second-order valence-corrected chi connectivity index (χ2v) is 5.77. The van der Waals surface area contributed by atoms with Crippen LogP contribution in [0.2, 0.25) is 0 Å². The van der Waals surface area contributed by atoms with Gasteiger partial charge in [-0.15, -0.1) is 0 Å². The van der Waals surface area contributed by atoms with Crippen LogP contribution in [0.1, 0.15) is 42.5 Å². The highest BCUT2D eigenvalue weighted by molar-refractivity contribution is 5.79. The van der Waals surface area contributed by atoms with Crippen molar-refractivity contribution in [2.45, 2.75) is 54.6 Å². The van der Waals surface area contributed by atoms with Crippen LogP contribution < -0.4 is 10.6 Å². The quantitative estimate of drug-likeness (QED) is 0.795. The van der Waals surface area contributed by atoms with Gasteiger partial charge in [0.1, 0.15) is 0 Å². The minimum absolute atomic E-state index is 0. The van der Waals surface area contributed by atoms with Crippen LogP contribution in [-0.4, -0.2) is 73.0 Å². The van der Waals surface area contributed by atoms with E-state index in [0.29, 0.717) is 25.2 Å². The Balaban J connectivity index is 0. The lowest BCUT2D eigenvalue weighted by atomic mass is 10.2. The van der Waals surface area contributed by atoms with E-state index in [1.54, 1.807) is 0 Å². The largest absolute Gasteiger partial charge is 0.354 e. The molecule has 2 saturated heterocycles. The van der Waals surface area contributed by atoms with Crippen molar-refractivity contribution >= 4 is 11.8 Å². The van der Waals surface area contributed by atoms with Crippen molar-refractivity contribution in [3.63, 3.8) is 0 Å². The van der Waals surface area contributed by atoms with Gasteiger partial charge in [0, 0.05) is 38.3 Å². The molecule has 0 aromatic carbocycles. The van der Waals surface area contributed by atoms with Gasteiger partial charge in [-0.3, -0.25) is 14.5 Å². The molecule has 0 atom stereocenters. The molecule has 2 fully saturated rings. The zero-order chi connectivity index (χ0) is 15.1. The summed E-state index contributed by atoms with van der Waals surface area (Å²) in [7, 11) is 0.